The van der Waals surface area contributed by atoms with Crippen LogP contribution in [0.2, 0.25) is 5.02 Å². The van der Waals surface area contributed by atoms with Crippen LogP contribution < -0.4 is 30.2 Å². The smallest absolute Gasteiger partial charge is 0.283 e. The van der Waals surface area contributed by atoms with E-state index in [-0.39, 0.29) is 34.8 Å². The number of nitrogens with one attached hydrogen (secondary N) is 3. The second-order valence-electron chi connectivity index (χ2n) is 18.7. The lowest BCUT2D eigenvalue weighted by Gasteiger charge is -2.12. The maximum absolute atomic E-state index is 14.4. The number of carbonyl (C=O) groups excluding carboxylic acids is 3. The number of furan rings is 3. The van der Waals surface area contributed by atoms with Gasteiger partial charge in [0.05, 0.1) is 61.0 Å². The molecule has 3 amide bonds. The van der Waals surface area contributed by atoms with E-state index in [1.54, 1.807) is 104 Å². The van der Waals surface area contributed by atoms with Crippen molar-refractivity contribution in [3.8, 4) is 86.6 Å². The van der Waals surface area contributed by atoms with Gasteiger partial charge < -0.3 is 56.7 Å². The first-order chi connectivity index (χ1) is 43.4. The van der Waals surface area contributed by atoms with Crippen molar-refractivity contribution in [3.05, 3.63) is 213 Å². The Kier molecular flexibility index (Phi) is 20.1. The van der Waals surface area contributed by atoms with Crippen LogP contribution >= 0.6 is 34.2 Å². The molecule has 6 aromatic carbocycles. The van der Waals surface area contributed by atoms with Crippen molar-refractivity contribution in [1.82, 2.24) is 30.6 Å². The molecule has 89 heavy (non-hydrogen) atoms. The number of hydrogen-bond donors (Lipinski definition) is 3. The van der Waals surface area contributed by atoms with Gasteiger partial charge >= 0.3 is 0 Å². The maximum atomic E-state index is 14.4. The lowest BCUT2D eigenvalue weighted by Crippen LogP contribution is -2.15. The number of anilines is 3. The molecule has 0 spiro atoms. The van der Waals surface area contributed by atoms with Crippen LogP contribution in [-0.2, 0) is 6.42 Å². The van der Waals surface area contributed by atoms with Crippen molar-refractivity contribution in [2.75, 3.05) is 35.8 Å². The number of rotatable bonds is 19. The zero-order chi connectivity index (χ0) is 62.2. The number of nitrogens with zero attached hydrogens (tertiary/aromatic N) is 6. The number of aromatic nitrogens is 6. The lowest BCUT2D eigenvalue weighted by molar-refractivity contribution is 0.101. The summed E-state index contributed by atoms with van der Waals surface area (Å²) < 4.78 is 64.7. The highest BCUT2D eigenvalue weighted by Crippen LogP contribution is 2.33. The van der Waals surface area contributed by atoms with E-state index in [2.05, 4.69) is 69.1 Å². The predicted molar refractivity (Wildman–Crippen MR) is 336 cm³/mol. The van der Waals surface area contributed by atoms with Crippen LogP contribution in [0.25, 0.3) is 69.3 Å². The van der Waals surface area contributed by atoms with Crippen LogP contribution in [0.1, 0.15) is 64.3 Å². The molecule has 450 valence electrons. The second kappa shape index (κ2) is 29.2. The Balaban J connectivity index is 0.000000147. The van der Waals surface area contributed by atoms with Crippen LogP contribution in [-0.4, -0.2) is 68.1 Å². The standard InChI is InChI=1S/C23H21N3O4.C21H15ClFN3O4.C21H16IN3O4/c1-3-15-10-11-19(28-4-2)18(13-15)21(27)24-17-8-5-7-16(14-17)22-25-26-23(30-22)20-9-6-12-29-20;1-2-28-17-8-6-13(22)11-14(17)19(27)24-16-10-12(5-7-15(16)23)20-25-26-21(30-20)18-4-3-9-29-18;1-2-27-17-9-8-14(22)12-16(17)19(26)23-15-6-3-5-13(11-15)20-24-25-21(29-20)18-7-4-10-28-18/h5-14H,3-4H2,1-2H3,(H,24,27);3-11H,2H2,1H3,(H,24,27);3-12H,2H2,1H3,(H,23,26). The Labute approximate surface area is 525 Å². The van der Waals surface area contributed by atoms with E-state index >= 15 is 0 Å². The number of benzene rings is 6. The van der Waals surface area contributed by atoms with E-state index in [4.69, 9.17) is 52.3 Å². The molecular formula is C65H52ClFIN9O12. The fourth-order valence-corrected chi connectivity index (χ4v) is 9.16. The van der Waals surface area contributed by atoms with Gasteiger partial charge in [-0.15, -0.1) is 30.6 Å². The van der Waals surface area contributed by atoms with Crippen molar-refractivity contribution in [3.63, 3.8) is 0 Å². The van der Waals surface area contributed by atoms with E-state index in [9.17, 15) is 18.8 Å². The Bertz CT molecular complexity index is 4360. The number of carbonyl (C=O) groups is 3. The molecule has 6 aromatic heterocycles. The Hall–Kier alpha value is -10.7. The highest BCUT2D eigenvalue weighted by atomic mass is 127. The molecule has 24 heteroatoms. The van der Waals surface area contributed by atoms with Crippen LogP contribution in [0.5, 0.6) is 17.2 Å². The first kappa shape index (κ1) is 61.4. The van der Waals surface area contributed by atoms with Gasteiger partial charge in [0.25, 0.3) is 35.4 Å². The zero-order valence-electron chi connectivity index (χ0n) is 47.8. The highest BCUT2D eigenvalue weighted by molar-refractivity contribution is 14.1. The largest absolute Gasteiger partial charge is 0.493 e. The Morgan fingerprint density at radius 3 is 1.35 bits per heavy atom. The molecule has 0 bridgehead atoms. The van der Waals surface area contributed by atoms with E-state index < -0.39 is 11.7 Å². The lowest BCUT2D eigenvalue weighted by atomic mass is 10.1. The normalized spacial score (nSPS) is 10.7. The van der Waals surface area contributed by atoms with Gasteiger partial charge in [0, 0.05) is 36.7 Å². The van der Waals surface area contributed by atoms with Crippen molar-refractivity contribution >= 4 is 69.0 Å². The van der Waals surface area contributed by atoms with Gasteiger partial charge in [0.15, 0.2) is 17.3 Å². The molecular weight excluding hydrogens is 1280 g/mol. The molecule has 0 saturated heterocycles. The minimum absolute atomic E-state index is 0.0577. The number of ether oxygens (including phenoxy) is 3. The van der Waals surface area contributed by atoms with Crippen molar-refractivity contribution in [2.24, 2.45) is 0 Å². The SMILES string of the molecule is CCOc1ccc(CC)cc1C(=O)Nc1cccc(-c2nnc(-c3ccco3)o2)c1.CCOc1ccc(Cl)cc1C(=O)Nc1cc(-c2nnc(-c3ccco3)o2)ccc1F.CCOc1ccc(I)cc1C(=O)Nc1cccc(-c2nnc(-c3ccco3)o2)c1. The van der Waals surface area contributed by atoms with Gasteiger partial charge in [-0.25, -0.2) is 4.39 Å². The molecule has 0 atom stereocenters. The quantitative estimate of drug-likeness (QED) is 0.0635. The minimum Gasteiger partial charge on any atom is -0.493 e. The third-order valence-corrected chi connectivity index (χ3v) is 13.5. The molecule has 0 saturated carbocycles. The minimum atomic E-state index is -0.627. The maximum Gasteiger partial charge on any atom is 0.283 e. The van der Waals surface area contributed by atoms with E-state index in [0.29, 0.717) is 122 Å². The summed E-state index contributed by atoms with van der Waals surface area (Å²) in [6.45, 7) is 8.93. The van der Waals surface area contributed by atoms with Crippen LogP contribution in [0, 0.1) is 9.39 Å². The molecule has 0 aliphatic carbocycles. The molecule has 6 heterocycles. The molecule has 0 unspecified atom stereocenters. The summed E-state index contributed by atoms with van der Waals surface area (Å²) >= 11 is 8.16. The van der Waals surface area contributed by atoms with Crippen molar-refractivity contribution in [2.45, 2.75) is 34.1 Å². The Morgan fingerprint density at radius 1 is 0.461 bits per heavy atom. The summed E-state index contributed by atoms with van der Waals surface area (Å²) in [4.78, 5) is 38.5. The molecule has 21 nitrogen and oxygen atoms in total. The van der Waals surface area contributed by atoms with E-state index in [1.807, 2.05) is 63.2 Å². The average molecular weight is 1330 g/mol. The number of amides is 3. The zero-order valence-corrected chi connectivity index (χ0v) is 50.7. The van der Waals surface area contributed by atoms with Crippen LogP contribution in [0.4, 0.5) is 21.5 Å². The molecule has 12 rings (SSSR count). The van der Waals surface area contributed by atoms with Crippen LogP contribution in [0.3, 0.4) is 0 Å². The van der Waals surface area contributed by atoms with Gasteiger partial charge in [-0.2, -0.15) is 0 Å². The Morgan fingerprint density at radius 2 is 0.888 bits per heavy atom. The molecule has 0 aliphatic rings. The summed E-state index contributed by atoms with van der Waals surface area (Å²) in [6, 6.07) is 44.6. The summed E-state index contributed by atoms with van der Waals surface area (Å²) in [7, 11) is 0. The monoisotopic (exact) mass is 1330 g/mol. The number of aryl methyl sites for hydroxylation is 1. The van der Waals surface area contributed by atoms with Gasteiger partial charge in [0.1, 0.15) is 23.1 Å². The first-order valence-electron chi connectivity index (χ1n) is 27.5. The molecule has 0 fully saturated rings. The van der Waals surface area contributed by atoms with E-state index in [0.717, 1.165) is 15.6 Å². The molecule has 0 aliphatic heterocycles. The third-order valence-electron chi connectivity index (χ3n) is 12.6. The van der Waals surface area contributed by atoms with Gasteiger partial charge in [-0.1, -0.05) is 36.7 Å². The third kappa shape index (κ3) is 15.5. The van der Waals surface area contributed by atoms with Gasteiger partial charge in [-0.3, -0.25) is 14.4 Å². The van der Waals surface area contributed by atoms with Gasteiger partial charge in [-0.05, 0) is 195 Å². The predicted octanol–water partition coefficient (Wildman–Crippen LogP) is 15.9. The van der Waals surface area contributed by atoms with E-state index in [1.165, 1.54) is 36.8 Å². The molecule has 12 aromatic rings. The average Bonchev–Trinajstić information content (AvgIpc) is 3.31. The summed E-state index contributed by atoms with van der Waals surface area (Å²) in [5, 5.41) is 32.7. The van der Waals surface area contributed by atoms with Crippen molar-refractivity contribution < 1.29 is 59.5 Å². The summed E-state index contributed by atoms with van der Waals surface area (Å²) in [5.41, 5.74) is 5.17. The molecule has 0 radical (unpaired) electrons. The van der Waals surface area contributed by atoms with Crippen molar-refractivity contribution in [1.29, 1.82) is 0 Å². The fraction of sp³-hybridized carbons (Fsp3) is 0.123. The second-order valence-corrected chi connectivity index (χ2v) is 20.3. The highest BCUT2D eigenvalue weighted by Gasteiger charge is 2.21. The van der Waals surface area contributed by atoms with Gasteiger partial charge in [0.2, 0.25) is 17.7 Å². The summed E-state index contributed by atoms with van der Waals surface area (Å²) in [5.74, 6) is 2.73. The number of halogens is 3. The number of hydrogen-bond acceptors (Lipinski definition) is 18. The first-order valence-corrected chi connectivity index (χ1v) is 29.0. The summed E-state index contributed by atoms with van der Waals surface area (Å²) in [6.07, 6.45) is 5.39. The fourth-order valence-electron chi connectivity index (χ4n) is 8.50. The van der Waals surface area contributed by atoms with Crippen LogP contribution in [0.15, 0.2) is 203 Å². The molecule has 3 N–H and O–H groups in total. The topological polar surface area (TPSA) is 271 Å².